The SMILES string of the molecule is Cc1c(-c2cc3nc(Nc4ccc5c(c4)CN(C)CC5)ncc3cc2F)cnc2c1NCCO2. The van der Waals surface area contributed by atoms with Crippen LogP contribution in [0.2, 0.25) is 0 Å². The summed E-state index contributed by atoms with van der Waals surface area (Å²) in [6, 6.07) is 9.63. The molecule has 0 saturated carbocycles. The molecule has 8 heteroatoms. The van der Waals surface area contributed by atoms with Crippen molar-refractivity contribution in [1.82, 2.24) is 19.9 Å². The first-order valence-corrected chi connectivity index (χ1v) is 11.5. The van der Waals surface area contributed by atoms with Gasteiger partial charge in [0.2, 0.25) is 11.8 Å². The molecule has 172 valence electrons. The first-order valence-electron chi connectivity index (χ1n) is 11.5. The molecule has 0 spiro atoms. The average Bonchev–Trinajstić information content (AvgIpc) is 2.84. The number of fused-ring (bicyclic) bond motifs is 3. The van der Waals surface area contributed by atoms with Gasteiger partial charge in [0.25, 0.3) is 0 Å². The van der Waals surface area contributed by atoms with Gasteiger partial charge in [-0.1, -0.05) is 6.07 Å². The lowest BCUT2D eigenvalue weighted by atomic mass is 9.99. The van der Waals surface area contributed by atoms with Crippen LogP contribution in [0.1, 0.15) is 16.7 Å². The molecule has 0 unspecified atom stereocenters. The number of anilines is 3. The van der Waals surface area contributed by atoms with Crippen LogP contribution in [0.4, 0.5) is 21.7 Å². The van der Waals surface area contributed by atoms with E-state index in [0.717, 1.165) is 36.4 Å². The summed E-state index contributed by atoms with van der Waals surface area (Å²) >= 11 is 0. The minimum absolute atomic E-state index is 0.336. The molecule has 4 heterocycles. The van der Waals surface area contributed by atoms with E-state index in [1.807, 2.05) is 6.92 Å². The van der Waals surface area contributed by atoms with Gasteiger partial charge in [-0.05, 0) is 61.3 Å². The lowest BCUT2D eigenvalue weighted by molar-refractivity contribution is 0.310. The van der Waals surface area contributed by atoms with Crippen LogP contribution in [0.25, 0.3) is 22.0 Å². The number of hydrogen-bond donors (Lipinski definition) is 2. The first-order chi connectivity index (χ1) is 16.5. The van der Waals surface area contributed by atoms with Gasteiger partial charge in [-0.25, -0.2) is 19.3 Å². The van der Waals surface area contributed by atoms with Gasteiger partial charge in [-0.2, -0.15) is 0 Å². The number of rotatable bonds is 3. The summed E-state index contributed by atoms with van der Waals surface area (Å²) in [6.07, 6.45) is 4.37. The van der Waals surface area contributed by atoms with Gasteiger partial charge in [-0.15, -0.1) is 0 Å². The molecule has 0 fully saturated rings. The topological polar surface area (TPSA) is 75.2 Å². The highest BCUT2D eigenvalue weighted by molar-refractivity contribution is 5.87. The fourth-order valence-electron chi connectivity index (χ4n) is 4.72. The minimum Gasteiger partial charge on any atom is -0.474 e. The summed E-state index contributed by atoms with van der Waals surface area (Å²) in [5.41, 5.74) is 7.18. The van der Waals surface area contributed by atoms with Crippen LogP contribution in [-0.4, -0.2) is 46.6 Å². The van der Waals surface area contributed by atoms with Crippen molar-refractivity contribution in [1.29, 1.82) is 0 Å². The maximum absolute atomic E-state index is 15.1. The molecule has 0 bridgehead atoms. The van der Waals surface area contributed by atoms with Crippen molar-refractivity contribution in [3.63, 3.8) is 0 Å². The van der Waals surface area contributed by atoms with Gasteiger partial charge < -0.3 is 20.3 Å². The number of pyridine rings is 1. The Balaban J connectivity index is 1.35. The van der Waals surface area contributed by atoms with E-state index in [0.29, 0.717) is 47.0 Å². The number of benzene rings is 2. The quantitative estimate of drug-likeness (QED) is 0.464. The van der Waals surface area contributed by atoms with Crippen LogP contribution in [0.15, 0.2) is 42.7 Å². The monoisotopic (exact) mass is 456 g/mol. The molecule has 0 aliphatic carbocycles. The van der Waals surface area contributed by atoms with E-state index in [2.05, 4.69) is 55.7 Å². The fraction of sp³-hybridized carbons (Fsp3) is 0.269. The molecule has 2 N–H and O–H groups in total. The fourth-order valence-corrected chi connectivity index (χ4v) is 4.72. The molecule has 4 aromatic rings. The second-order valence-corrected chi connectivity index (χ2v) is 8.93. The standard InChI is InChI=1S/C26H25FN6O/c1-15-21(13-29-25-24(15)28-6-8-34-25)20-11-23-17(10-22(20)27)12-30-26(32-23)31-19-4-3-16-5-7-33(2)14-18(16)9-19/h3-4,9-13,28H,5-8,14H2,1-2H3,(H,30,31,32). The van der Waals surface area contributed by atoms with Crippen LogP contribution < -0.4 is 15.4 Å². The van der Waals surface area contributed by atoms with E-state index in [4.69, 9.17) is 4.74 Å². The predicted octanol–water partition coefficient (Wildman–Crippen LogP) is 4.68. The van der Waals surface area contributed by atoms with E-state index >= 15 is 4.39 Å². The summed E-state index contributed by atoms with van der Waals surface area (Å²) < 4.78 is 20.7. The summed E-state index contributed by atoms with van der Waals surface area (Å²) in [5, 5.41) is 7.27. The highest BCUT2D eigenvalue weighted by atomic mass is 19.1. The molecule has 0 amide bonds. The zero-order chi connectivity index (χ0) is 23.2. The van der Waals surface area contributed by atoms with Crippen molar-refractivity contribution >= 4 is 28.2 Å². The zero-order valence-electron chi connectivity index (χ0n) is 19.2. The van der Waals surface area contributed by atoms with Crippen LogP contribution in [-0.2, 0) is 13.0 Å². The Morgan fingerprint density at radius 1 is 1.09 bits per heavy atom. The number of nitrogens with one attached hydrogen (secondary N) is 2. The second kappa shape index (κ2) is 8.22. The highest BCUT2D eigenvalue weighted by Crippen LogP contribution is 2.37. The summed E-state index contributed by atoms with van der Waals surface area (Å²) in [6.45, 7) is 5.22. The molecule has 0 atom stereocenters. The van der Waals surface area contributed by atoms with Crippen molar-refractivity contribution in [2.45, 2.75) is 19.9 Å². The lowest BCUT2D eigenvalue weighted by Crippen LogP contribution is -2.26. The predicted molar refractivity (Wildman–Crippen MR) is 131 cm³/mol. The normalized spacial score (nSPS) is 15.3. The number of halogens is 1. The van der Waals surface area contributed by atoms with E-state index < -0.39 is 0 Å². The number of hydrogen-bond acceptors (Lipinski definition) is 7. The Kier molecular flexibility index (Phi) is 5.03. The van der Waals surface area contributed by atoms with E-state index in [-0.39, 0.29) is 5.82 Å². The summed E-state index contributed by atoms with van der Waals surface area (Å²) in [4.78, 5) is 15.8. The van der Waals surface area contributed by atoms with E-state index in [1.54, 1.807) is 18.5 Å². The third-order valence-electron chi connectivity index (χ3n) is 6.57. The molecule has 0 radical (unpaired) electrons. The van der Waals surface area contributed by atoms with Gasteiger partial charge in [-0.3, -0.25) is 0 Å². The Hall–Kier alpha value is -3.78. The highest BCUT2D eigenvalue weighted by Gasteiger charge is 2.20. The number of ether oxygens (including phenoxy) is 1. The van der Waals surface area contributed by atoms with Crippen LogP contribution >= 0.6 is 0 Å². The van der Waals surface area contributed by atoms with Crippen LogP contribution in [0, 0.1) is 12.7 Å². The number of aromatic nitrogens is 3. The Bertz CT molecular complexity index is 1420. The van der Waals surface area contributed by atoms with Gasteiger partial charge >= 0.3 is 0 Å². The molecular formula is C26H25FN6O. The third kappa shape index (κ3) is 3.70. The Morgan fingerprint density at radius 3 is 2.91 bits per heavy atom. The summed E-state index contributed by atoms with van der Waals surface area (Å²) in [5.74, 6) is 0.695. The van der Waals surface area contributed by atoms with E-state index in [1.165, 1.54) is 17.2 Å². The smallest absolute Gasteiger partial charge is 0.237 e. The molecule has 7 nitrogen and oxygen atoms in total. The molecule has 0 saturated heterocycles. The number of likely N-dealkylation sites (N-methyl/N-ethyl adjacent to an activating group) is 1. The summed E-state index contributed by atoms with van der Waals surface area (Å²) in [7, 11) is 2.13. The van der Waals surface area contributed by atoms with Crippen LogP contribution in [0.5, 0.6) is 5.88 Å². The van der Waals surface area contributed by atoms with Gasteiger partial charge in [0.05, 0.1) is 5.52 Å². The molecular weight excluding hydrogens is 431 g/mol. The second-order valence-electron chi connectivity index (χ2n) is 8.93. The largest absolute Gasteiger partial charge is 0.474 e. The Morgan fingerprint density at radius 2 is 2.00 bits per heavy atom. The third-order valence-corrected chi connectivity index (χ3v) is 6.57. The molecule has 34 heavy (non-hydrogen) atoms. The maximum atomic E-state index is 15.1. The van der Waals surface area contributed by atoms with E-state index in [9.17, 15) is 0 Å². The first kappa shape index (κ1) is 20.8. The van der Waals surface area contributed by atoms with Crippen molar-refractivity contribution in [2.24, 2.45) is 0 Å². The van der Waals surface area contributed by atoms with Crippen molar-refractivity contribution in [2.75, 3.05) is 37.4 Å². The Labute approximate surface area is 197 Å². The average molecular weight is 457 g/mol. The van der Waals surface area contributed by atoms with Gasteiger partial charge in [0.1, 0.15) is 18.1 Å². The van der Waals surface area contributed by atoms with Crippen molar-refractivity contribution in [3.05, 3.63) is 65.2 Å². The molecule has 2 aliphatic heterocycles. The molecule has 6 rings (SSSR count). The van der Waals surface area contributed by atoms with Crippen LogP contribution in [0.3, 0.4) is 0 Å². The maximum Gasteiger partial charge on any atom is 0.237 e. The van der Waals surface area contributed by atoms with Gasteiger partial charge in [0, 0.05) is 54.2 Å². The zero-order valence-corrected chi connectivity index (χ0v) is 19.2. The number of nitrogens with zero attached hydrogens (tertiary/aromatic N) is 4. The molecule has 2 aromatic carbocycles. The van der Waals surface area contributed by atoms with Crippen molar-refractivity contribution in [3.8, 4) is 17.0 Å². The minimum atomic E-state index is -0.336. The lowest BCUT2D eigenvalue weighted by Gasteiger charge is -2.25. The van der Waals surface area contributed by atoms with Crippen molar-refractivity contribution < 1.29 is 9.13 Å². The molecule has 2 aromatic heterocycles. The van der Waals surface area contributed by atoms with Gasteiger partial charge in [0.15, 0.2) is 0 Å². The molecule has 2 aliphatic rings.